The average Bonchev–Trinajstić information content (AvgIpc) is 2.99. The minimum absolute atomic E-state index is 0.190. The predicted molar refractivity (Wildman–Crippen MR) is 178 cm³/mol. The Hall–Kier alpha value is -3.81. The van der Waals surface area contributed by atoms with Gasteiger partial charge in [0.1, 0.15) is 39.2 Å². The number of hydrogen-bond donors (Lipinski definition) is 0. The molecule has 0 spiro atoms. The molecule has 176 valence electrons. The summed E-state index contributed by atoms with van der Waals surface area (Å²) < 4.78 is 0. The van der Waals surface area contributed by atoms with Gasteiger partial charge < -0.3 is 0 Å². The molecule has 0 aromatic heterocycles. The molecule has 0 saturated heterocycles. The molecule has 6 rings (SSSR count). The summed E-state index contributed by atoms with van der Waals surface area (Å²) in [5, 5.41) is 2.77. The maximum absolute atomic E-state index is 6.59. The van der Waals surface area contributed by atoms with E-state index in [1.807, 2.05) is 54.6 Å². The third-order valence-corrected chi connectivity index (χ3v) is 7.67. The van der Waals surface area contributed by atoms with Crippen molar-refractivity contribution in [1.29, 1.82) is 0 Å². The quantitative estimate of drug-likeness (QED) is 0.310. The molecule has 6 aromatic carbocycles. The summed E-state index contributed by atoms with van der Waals surface area (Å²) in [5.41, 5.74) is 8.77. The molecule has 0 nitrogen and oxygen atoms in total. The molecule has 0 aliphatic heterocycles. The number of benzene rings is 6. The standard InChI is InChI=1S/C34H18B5Cl/c35-30-29(31(36)33(38)34(39)32(30)37)25-16-14-21-12-7-13-24(27(21)28(25)20-10-5-2-6-11-20)23-17-15-22(40)18-26(23)19-8-3-1-4-9-19/h1-18H. The SMILES string of the molecule is [B]c1c([B])c([B])c(-c2ccc3cccc(-c4ccc(Cl)cc4-c4ccccc4)c3c2-c2ccccc2)c([B])c1[B]. The van der Waals surface area contributed by atoms with Crippen LogP contribution in [0.2, 0.25) is 5.02 Å². The largest absolute Gasteiger partial charge is 0.113 e. The third-order valence-electron chi connectivity index (χ3n) is 7.43. The lowest BCUT2D eigenvalue weighted by Crippen LogP contribution is -2.55. The molecule has 6 heteroatoms. The first-order chi connectivity index (χ1) is 19.4. The fourth-order valence-electron chi connectivity index (χ4n) is 5.46. The van der Waals surface area contributed by atoms with Crippen molar-refractivity contribution in [3.63, 3.8) is 0 Å². The van der Waals surface area contributed by atoms with Crippen LogP contribution in [0.25, 0.3) is 55.3 Å². The molecule has 10 radical (unpaired) electrons. The Balaban J connectivity index is 1.78. The zero-order valence-electron chi connectivity index (χ0n) is 21.7. The second kappa shape index (κ2) is 10.6. The van der Waals surface area contributed by atoms with Crippen molar-refractivity contribution >= 4 is 88.9 Å². The molecular formula is C34H18B5Cl. The van der Waals surface area contributed by atoms with Crippen molar-refractivity contribution in [2.45, 2.75) is 0 Å². The Morgan fingerprint density at radius 2 is 0.975 bits per heavy atom. The van der Waals surface area contributed by atoms with Crippen LogP contribution in [-0.2, 0) is 0 Å². The van der Waals surface area contributed by atoms with Crippen LogP contribution in [0.3, 0.4) is 0 Å². The van der Waals surface area contributed by atoms with Gasteiger partial charge in [-0.3, -0.25) is 0 Å². The fourth-order valence-corrected chi connectivity index (χ4v) is 5.64. The highest BCUT2D eigenvalue weighted by Gasteiger charge is 2.21. The van der Waals surface area contributed by atoms with Gasteiger partial charge in [-0.1, -0.05) is 120 Å². The smallest absolute Gasteiger partial charge is 0.112 e. The maximum Gasteiger partial charge on any atom is 0.113 e. The maximum atomic E-state index is 6.59. The first kappa shape index (κ1) is 26.4. The van der Waals surface area contributed by atoms with E-state index in [0.717, 1.165) is 49.7 Å². The van der Waals surface area contributed by atoms with E-state index in [9.17, 15) is 0 Å². The van der Waals surface area contributed by atoms with Gasteiger partial charge in [0, 0.05) is 5.02 Å². The minimum Gasteiger partial charge on any atom is -0.112 e. The summed E-state index contributed by atoms with van der Waals surface area (Å²) in [6, 6.07) is 36.8. The van der Waals surface area contributed by atoms with Crippen LogP contribution in [0.5, 0.6) is 0 Å². The Morgan fingerprint density at radius 3 is 1.62 bits per heavy atom. The third kappa shape index (κ3) is 4.43. The van der Waals surface area contributed by atoms with Crippen molar-refractivity contribution in [1.82, 2.24) is 0 Å². The van der Waals surface area contributed by atoms with Gasteiger partial charge in [-0.05, 0) is 67.4 Å². The normalized spacial score (nSPS) is 11.1. The zero-order chi connectivity index (χ0) is 28.0. The van der Waals surface area contributed by atoms with Crippen molar-refractivity contribution in [3.8, 4) is 44.5 Å². The van der Waals surface area contributed by atoms with Gasteiger partial charge >= 0.3 is 0 Å². The summed E-state index contributed by atoms with van der Waals surface area (Å²) in [6.07, 6.45) is 0. The lowest BCUT2D eigenvalue weighted by atomic mass is 9.59. The molecule has 0 bridgehead atoms. The highest BCUT2D eigenvalue weighted by molar-refractivity contribution is 6.68. The van der Waals surface area contributed by atoms with E-state index in [4.69, 9.17) is 50.8 Å². The number of rotatable bonds is 4. The average molecular weight is 516 g/mol. The van der Waals surface area contributed by atoms with Crippen LogP contribution >= 0.6 is 11.6 Å². The van der Waals surface area contributed by atoms with E-state index in [-0.39, 0.29) is 16.4 Å². The van der Waals surface area contributed by atoms with Crippen molar-refractivity contribution in [2.75, 3.05) is 0 Å². The summed E-state index contributed by atoms with van der Waals surface area (Å²) in [4.78, 5) is 0. The summed E-state index contributed by atoms with van der Waals surface area (Å²) >= 11 is 6.52. The molecule has 0 fully saturated rings. The van der Waals surface area contributed by atoms with Crippen molar-refractivity contribution < 1.29 is 0 Å². The molecule has 0 unspecified atom stereocenters. The van der Waals surface area contributed by atoms with Gasteiger partial charge in [-0.15, -0.1) is 16.4 Å². The van der Waals surface area contributed by atoms with Crippen LogP contribution < -0.4 is 27.3 Å². The summed E-state index contributed by atoms with van der Waals surface area (Å²) in [7, 11) is 31.9. The molecule has 0 aliphatic carbocycles. The van der Waals surface area contributed by atoms with Crippen molar-refractivity contribution in [2.24, 2.45) is 0 Å². The highest BCUT2D eigenvalue weighted by atomic mass is 35.5. The predicted octanol–water partition coefficient (Wildman–Crippen LogP) is 4.13. The molecular weight excluding hydrogens is 498 g/mol. The van der Waals surface area contributed by atoms with Gasteiger partial charge in [0.25, 0.3) is 0 Å². The summed E-state index contributed by atoms with van der Waals surface area (Å²) in [6.45, 7) is 0. The topological polar surface area (TPSA) is 0 Å². The number of hydrogen-bond acceptors (Lipinski definition) is 0. The van der Waals surface area contributed by atoms with Gasteiger partial charge in [-0.2, -0.15) is 0 Å². The van der Waals surface area contributed by atoms with Gasteiger partial charge in [0.2, 0.25) is 0 Å². The van der Waals surface area contributed by atoms with E-state index in [0.29, 0.717) is 21.5 Å². The molecule has 6 aromatic rings. The Bertz CT molecular complexity index is 1870. The minimum atomic E-state index is 0.190. The van der Waals surface area contributed by atoms with Gasteiger partial charge in [-0.25, -0.2) is 0 Å². The molecule has 0 atom stereocenters. The second-order valence-corrected chi connectivity index (χ2v) is 10.2. The lowest BCUT2D eigenvalue weighted by molar-refractivity contribution is 1.59. The van der Waals surface area contributed by atoms with Gasteiger partial charge in [0.05, 0.1) is 0 Å². The monoisotopic (exact) mass is 516 g/mol. The van der Waals surface area contributed by atoms with E-state index in [2.05, 4.69) is 54.6 Å². The number of fused-ring (bicyclic) bond motifs is 1. The van der Waals surface area contributed by atoms with Crippen molar-refractivity contribution in [3.05, 3.63) is 114 Å². The summed E-state index contributed by atoms with van der Waals surface area (Å²) in [5.74, 6) is 0. The molecule has 0 N–H and O–H groups in total. The van der Waals surface area contributed by atoms with Gasteiger partial charge in [0.15, 0.2) is 0 Å². The molecule has 40 heavy (non-hydrogen) atoms. The first-order valence-corrected chi connectivity index (χ1v) is 13.2. The second-order valence-electron chi connectivity index (χ2n) is 9.76. The fraction of sp³-hybridized carbons (Fsp3) is 0. The Kier molecular flexibility index (Phi) is 7.03. The Labute approximate surface area is 246 Å². The van der Waals surface area contributed by atoms with E-state index >= 15 is 0 Å². The highest BCUT2D eigenvalue weighted by Crippen LogP contribution is 2.44. The van der Waals surface area contributed by atoms with Crippen LogP contribution in [0, 0.1) is 0 Å². The number of halogens is 1. The van der Waals surface area contributed by atoms with E-state index < -0.39 is 0 Å². The van der Waals surface area contributed by atoms with E-state index in [1.54, 1.807) is 0 Å². The first-order valence-electron chi connectivity index (χ1n) is 12.8. The molecule has 0 aliphatic rings. The lowest BCUT2D eigenvalue weighted by Gasteiger charge is -2.25. The van der Waals surface area contributed by atoms with Crippen LogP contribution in [-0.4, -0.2) is 39.2 Å². The molecule has 0 amide bonds. The van der Waals surface area contributed by atoms with Crippen LogP contribution in [0.15, 0.2) is 109 Å². The zero-order valence-corrected chi connectivity index (χ0v) is 22.4. The molecule has 0 saturated carbocycles. The van der Waals surface area contributed by atoms with Crippen LogP contribution in [0.1, 0.15) is 0 Å². The Morgan fingerprint density at radius 1 is 0.400 bits per heavy atom. The van der Waals surface area contributed by atoms with E-state index in [1.165, 1.54) is 0 Å². The van der Waals surface area contributed by atoms with Crippen LogP contribution in [0.4, 0.5) is 0 Å². The molecule has 0 heterocycles.